The number of aromatic nitrogens is 4. The Balaban J connectivity index is 1.86. The molecule has 0 fully saturated rings. The summed E-state index contributed by atoms with van der Waals surface area (Å²) in [6.07, 6.45) is -4.88. The van der Waals surface area contributed by atoms with E-state index in [-0.39, 0.29) is 17.9 Å². The van der Waals surface area contributed by atoms with Crippen LogP contribution >= 0.6 is 0 Å². The number of hydrogen-bond acceptors (Lipinski definition) is 5. The number of halogens is 6. The Morgan fingerprint density at radius 1 is 1.00 bits per heavy atom. The summed E-state index contributed by atoms with van der Waals surface area (Å²) in [5.74, 6) is -2.78. The van der Waals surface area contributed by atoms with Crippen LogP contribution in [0.1, 0.15) is 49.8 Å². The second-order valence-corrected chi connectivity index (χ2v) is 7.41. The Kier molecular flexibility index (Phi) is 7.45. The summed E-state index contributed by atoms with van der Waals surface area (Å²) >= 11 is 0. The lowest BCUT2D eigenvalue weighted by molar-refractivity contribution is -0.159. The molecular formula is C21H23F6N5O. The van der Waals surface area contributed by atoms with Crippen molar-refractivity contribution >= 4 is 23.2 Å². The maximum Gasteiger partial charge on any atom is 0.471 e. The van der Waals surface area contributed by atoms with Crippen molar-refractivity contribution in [2.75, 3.05) is 19.6 Å². The van der Waals surface area contributed by atoms with E-state index in [2.05, 4.69) is 31.5 Å². The van der Waals surface area contributed by atoms with Crippen LogP contribution in [0, 0.1) is 0 Å². The van der Waals surface area contributed by atoms with E-state index in [4.69, 9.17) is 0 Å². The largest absolute Gasteiger partial charge is 0.471 e. The van der Waals surface area contributed by atoms with Gasteiger partial charge in [-0.1, -0.05) is 37.6 Å². The van der Waals surface area contributed by atoms with Crippen LogP contribution < -0.4 is 0 Å². The van der Waals surface area contributed by atoms with Gasteiger partial charge in [-0.15, -0.1) is 0 Å². The van der Waals surface area contributed by atoms with E-state index in [1.54, 1.807) is 6.07 Å². The van der Waals surface area contributed by atoms with E-state index in [9.17, 15) is 26.3 Å². The van der Waals surface area contributed by atoms with Gasteiger partial charge in [0, 0.05) is 13.1 Å². The van der Waals surface area contributed by atoms with Crippen molar-refractivity contribution in [1.82, 2.24) is 24.6 Å². The van der Waals surface area contributed by atoms with Crippen molar-refractivity contribution in [1.29, 1.82) is 0 Å². The average Bonchev–Trinajstić information content (AvgIpc) is 3.37. The SMILES string of the molecule is CCCCN(CC)CCn1c(C(F)(F)F)nc2cc(/C=C/c3noc(C(F)(F)F)n3)ccc21. The normalized spacial score (nSPS) is 13.1. The lowest BCUT2D eigenvalue weighted by atomic mass is 10.2. The lowest BCUT2D eigenvalue weighted by Crippen LogP contribution is -2.29. The first-order valence-corrected chi connectivity index (χ1v) is 10.4. The molecule has 1 aromatic carbocycles. The van der Waals surface area contributed by atoms with E-state index in [1.165, 1.54) is 24.3 Å². The highest BCUT2D eigenvalue weighted by molar-refractivity contribution is 5.81. The van der Waals surface area contributed by atoms with Gasteiger partial charge in [0.2, 0.25) is 5.82 Å². The van der Waals surface area contributed by atoms with Crippen LogP contribution in [-0.2, 0) is 18.9 Å². The topological polar surface area (TPSA) is 60.0 Å². The molecule has 0 bridgehead atoms. The fourth-order valence-electron chi connectivity index (χ4n) is 3.33. The van der Waals surface area contributed by atoms with E-state index < -0.39 is 24.1 Å². The molecule has 0 spiro atoms. The number of unbranched alkanes of at least 4 members (excludes halogenated alkanes) is 1. The molecular weight excluding hydrogens is 452 g/mol. The van der Waals surface area contributed by atoms with Gasteiger partial charge in [-0.05, 0) is 43.3 Å². The monoisotopic (exact) mass is 475 g/mol. The molecule has 2 heterocycles. The number of rotatable bonds is 9. The van der Waals surface area contributed by atoms with Gasteiger partial charge in [-0.2, -0.15) is 31.3 Å². The fourth-order valence-corrected chi connectivity index (χ4v) is 3.33. The van der Waals surface area contributed by atoms with Crippen LogP contribution in [0.2, 0.25) is 0 Å². The molecule has 33 heavy (non-hydrogen) atoms. The van der Waals surface area contributed by atoms with Crippen molar-refractivity contribution in [3.05, 3.63) is 41.3 Å². The van der Waals surface area contributed by atoms with Gasteiger partial charge in [0.25, 0.3) is 0 Å². The maximum absolute atomic E-state index is 13.6. The van der Waals surface area contributed by atoms with Crippen LogP contribution in [-0.4, -0.2) is 44.2 Å². The molecule has 0 unspecified atom stereocenters. The van der Waals surface area contributed by atoms with Crippen molar-refractivity contribution in [2.24, 2.45) is 0 Å². The molecule has 6 nitrogen and oxygen atoms in total. The highest BCUT2D eigenvalue weighted by Crippen LogP contribution is 2.32. The average molecular weight is 475 g/mol. The number of likely N-dealkylation sites (N-methyl/N-ethyl adjacent to an activating group) is 1. The summed E-state index contributed by atoms with van der Waals surface area (Å²) < 4.78 is 83.8. The van der Waals surface area contributed by atoms with Crippen molar-refractivity contribution < 1.29 is 30.9 Å². The molecule has 3 aromatic rings. The van der Waals surface area contributed by atoms with Gasteiger partial charge in [0.05, 0.1) is 11.0 Å². The zero-order valence-electron chi connectivity index (χ0n) is 18.0. The van der Waals surface area contributed by atoms with E-state index >= 15 is 0 Å². The van der Waals surface area contributed by atoms with Crippen molar-refractivity contribution in [2.45, 2.75) is 45.6 Å². The quantitative estimate of drug-likeness (QED) is 0.369. The first kappa shape index (κ1) is 24.7. The van der Waals surface area contributed by atoms with Gasteiger partial charge in [-0.25, -0.2) is 4.98 Å². The molecule has 0 aliphatic heterocycles. The molecule has 0 radical (unpaired) electrons. The van der Waals surface area contributed by atoms with E-state index in [0.29, 0.717) is 17.6 Å². The summed E-state index contributed by atoms with van der Waals surface area (Å²) in [6, 6.07) is 4.49. The summed E-state index contributed by atoms with van der Waals surface area (Å²) in [7, 11) is 0. The highest BCUT2D eigenvalue weighted by atomic mass is 19.4. The third kappa shape index (κ3) is 6.12. The van der Waals surface area contributed by atoms with Crippen LogP contribution in [0.4, 0.5) is 26.3 Å². The minimum Gasteiger partial charge on any atom is -0.329 e. The van der Waals surface area contributed by atoms with Crippen molar-refractivity contribution in [3.8, 4) is 0 Å². The molecule has 0 atom stereocenters. The molecule has 0 amide bonds. The minimum atomic E-state index is -4.76. The minimum absolute atomic E-state index is 0.126. The van der Waals surface area contributed by atoms with Gasteiger partial charge in [-0.3, -0.25) is 0 Å². The Morgan fingerprint density at radius 3 is 2.36 bits per heavy atom. The van der Waals surface area contributed by atoms with Crippen molar-refractivity contribution in [3.63, 3.8) is 0 Å². The maximum atomic E-state index is 13.6. The summed E-state index contributed by atoms with van der Waals surface area (Å²) in [5.41, 5.74) is 0.882. The fraction of sp³-hybridized carbons (Fsp3) is 0.476. The molecule has 0 aliphatic carbocycles. The summed E-state index contributed by atoms with van der Waals surface area (Å²) in [5, 5.41) is 3.21. The Morgan fingerprint density at radius 2 is 1.76 bits per heavy atom. The smallest absolute Gasteiger partial charge is 0.329 e. The molecule has 0 aliphatic rings. The van der Waals surface area contributed by atoms with Gasteiger partial charge in [0.15, 0.2) is 5.82 Å². The molecule has 0 saturated heterocycles. The Hall–Kier alpha value is -2.89. The second kappa shape index (κ2) is 9.94. The number of benzene rings is 1. The Labute approximate surface area is 185 Å². The predicted octanol–water partition coefficient (Wildman–Crippen LogP) is 5.75. The first-order valence-electron chi connectivity index (χ1n) is 10.4. The number of fused-ring (bicyclic) bond motifs is 1. The summed E-state index contributed by atoms with van der Waals surface area (Å²) in [4.78, 5) is 9.10. The molecule has 0 saturated carbocycles. The highest BCUT2D eigenvalue weighted by Gasteiger charge is 2.38. The van der Waals surface area contributed by atoms with Gasteiger partial charge >= 0.3 is 18.2 Å². The lowest BCUT2D eigenvalue weighted by Gasteiger charge is -2.21. The van der Waals surface area contributed by atoms with Crippen LogP contribution in [0.15, 0.2) is 22.7 Å². The third-order valence-electron chi connectivity index (χ3n) is 5.05. The molecule has 0 N–H and O–H groups in total. The zero-order chi connectivity index (χ0) is 24.2. The number of hydrogen-bond donors (Lipinski definition) is 0. The Bertz CT molecular complexity index is 1100. The van der Waals surface area contributed by atoms with Crippen LogP contribution in [0.25, 0.3) is 23.2 Å². The first-order chi connectivity index (χ1) is 15.5. The third-order valence-corrected chi connectivity index (χ3v) is 5.05. The van der Waals surface area contributed by atoms with E-state index in [1.807, 2.05) is 6.92 Å². The summed E-state index contributed by atoms with van der Waals surface area (Å²) in [6.45, 7) is 6.13. The molecule has 3 rings (SSSR count). The van der Waals surface area contributed by atoms with Crippen LogP contribution in [0.3, 0.4) is 0 Å². The van der Waals surface area contributed by atoms with Gasteiger partial charge < -0.3 is 14.0 Å². The molecule has 180 valence electrons. The predicted molar refractivity (Wildman–Crippen MR) is 110 cm³/mol. The standard InChI is InChI=1S/C21H23F6N5O/c1-3-5-10-31(4-2)11-12-32-16-8-6-14(13-15(16)28-18(32)20(22,23)24)7-9-17-29-19(33-30-17)21(25,26)27/h6-9,13H,3-5,10-12H2,1-2H3/b9-7+. The number of imidazole rings is 1. The van der Waals surface area contributed by atoms with E-state index in [0.717, 1.165) is 30.5 Å². The number of nitrogens with zero attached hydrogens (tertiary/aromatic N) is 5. The van der Waals surface area contributed by atoms with Gasteiger partial charge in [0.1, 0.15) is 0 Å². The molecule has 2 aromatic heterocycles. The zero-order valence-corrected chi connectivity index (χ0v) is 18.0. The molecule has 12 heteroatoms. The second-order valence-electron chi connectivity index (χ2n) is 7.41. The number of alkyl halides is 6. The van der Waals surface area contributed by atoms with Crippen LogP contribution in [0.5, 0.6) is 0 Å².